The molecule has 2 N–H and O–H groups in total. The van der Waals surface area contributed by atoms with E-state index in [0.717, 1.165) is 31.2 Å². The summed E-state index contributed by atoms with van der Waals surface area (Å²) >= 11 is 7.20. The molecule has 0 saturated carbocycles. The summed E-state index contributed by atoms with van der Waals surface area (Å²) in [6.45, 7) is 0.929. The van der Waals surface area contributed by atoms with Gasteiger partial charge in [0, 0.05) is 40.5 Å². The lowest BCUT2D eigenvalue weighted by molar-refractivity contribution is -0.129. The van der Waals surface area contributed by atoms with E-state index in [-0.39, 0.29) is 32.3 Å². The molecule has 2 aliphatic rings. The maximum atomic E-state index is 14.5. The predicted octanol–water partition coefficient (Wildman–Crippen LogP) is 6.52. The number of hydrogen-bond donors (Lipinski definition) is 2. The molecule has 0 aromatic heterocycles. The predicted molar refractivity (Wildman–Crippen MR) is 173 cm³/mol. The number of amides is 1. The Kier molecular flexibility index (Phi) is 9.20. The highest BCUT2D eigenvalue weighted by atomic mass is 79.9. The van der Waals surface area contributed by atoms with Crippen LogP contribution in [0, 0.1) is 0 Å². The lowest BCUT2D eigenvalue weighted by Crippen LogP contribution is -2.49. The monoisotopic (exact) mass is 720 g/mol. The third kappa shape index (κ3) is 6.47. The van der Waals surface area contributed by atoms with Crippen molar-refractivity contribution in [1.82, 2.24) is 5.32 Å². The highest BCUT2D eigenvalue weighted by Crippen LogP contribution is 2.44. The minimum Gasteiger partial charge on any atom is -0.494 e. The average molecular weight is 722 g/mol. The van der Waals surface area contributed by atoms with Crippen LogP contribution in [0.3, 0.4) is 0 Å². The quantitative estimate of drug-likeness (QED) is 0.171. The highest BCUT2D eigenvalue weighted by molar-refractivity contribution is 9.10. The van der Waals surface area contributed by atoms with E-state index in [0.29, 0.717) is 36.2 Å². The van der Waals surface area contributed by atoms with Crippen LogP contribution in [0.4, 0.5) is 0 Å². The van der Waals surface area contributed by atoms with Crippen LogP contribution in [0.1, 0.15) is 34.8 Å². The van der Waals surface area contributed by atoms with Gasteiger partial charge in [0.05, 0.1) is 6.61 Å². The smallest absolute Gasteiger partial charge is 0.252 e. The number of halogens is 2. The Balaban J connectivity index is 1.38. The Morgan fingerprint density at radius 1 is 0.977 bits per heavy atom. The zero-order valence-corrected chi connectivity index (χ0v) is 26.8. The minimum absolute atomic E-state index is 0.0660. The summed E-state index contributed by atoms with van der Waals surface area (Å²) in [5.74, 6) is 2.11. The number of carbonyl (C=O) groups excluding carboxylic acids is 1. The summed E-state index contributed by atoms with van der Waals surface area (Å²) in [6.07, 6.45) is 0.120. The molecule has 0 unspecified atom stereocenters. The third-order valence-electron chi connectivity index (χ3n) is 7.51. The molecule has 4 aromatic carbocycles. The Bertz CT molecular complexity index is 1660. The first-order valence-electron chi connectivity index (χ1n) is 14.2. The lowest BCUT2D eigenvalue weighted by atomic mass is 9.82. The van der Waals surface area contributed by atoms with E-state index in [9.17, 15) is 4.79 Å². The molecule has 0 fully saturated rings. The normalized spacial score (nSPS) is 18.4. The maximum absolute atomic E-state index is 14.5. The molecule has 226 valence electrons. The van der Waals surface area contributed by atoms with Crippen molar-refractivity contribution in [3.05, 3.63) is 122 Å². The van der Waals surface area contributed by atoms with Crippen LogP contribution in [0.15, 0.2) is 105 Å². The van der Waals surface area contributed by atoms with Crippen LogP contribution < -0.4 is 19.5 Å². The third-order valence-corrected chi connectivity index (χ3v) is 8.81. The fraction of sp³-hybridized carbons (Fsp3) is 0.235. The molecule has 1 amide bonds. The molecule has 8 nitrogen and oxygen atoms in total. The first-order valence-corrected chi connectivity index (χ1v) is 15.8. The molecule has 2 heterocycles. The number of aliphatic imine (C=N–C) groups is 1. The van der Waals surface area contributed by atoms with Gasteiger partial charge in [0.15, 0.2) is 23.1 Å². The Morgan fingerprint density at radius 3 is 2.52 bits per heavy atom. The van der Waals surface area contributed by atoms with Gasteiger partial charge in [0.1, 0.15) is 5.75 Å². The van der Waals surface area contributed by atoms with Crippen LogP contribution in [0.5, 0.6) is 17.2 Å². The topological polar surface area (TPSA) is 98.6 Å². The minimum atomic E-state index is -1.33. The Morgan fingerprint density at radius 2 is 1.75 bits per heavy atom. The van der Waals surface area contributed by atoms with Gasteiger partial charge in [-0.1, -0.05) is 68.3 Å². The largest absolute Gasteiger partial charge is 0.494 e. The van der Waals surface area contributed by atoms with Crippen LogP contribution in [-0.4, -0.2) is 42.5 Å². The zero-order chi connectivity index (χ0) is 30.5. The number of rotatable bonds is 11. The first-order chi connectivity index (χ1) is 21.4. The molecule has 10 heteroatoms. The number of nitrogens with one attached hydrogen (secondary N) is 1. The standard InChI is InChI=1S/C34H30Br2N2O6/c35-26-11-7-23(8-12-26)31-34(19-25-4-1-2-5-28(25)36,33(40)37-20-22-6-15-29-30(18-22)43-21-42-29)38-32(44-31)24-9-13-27(14-10-24)41-17-3-16-39/h1-2,4-15,18,31,39H,3,16-17,19-21H2,(H,37,40)/t31-,34-/m1/s1. The molecular formula is C34H30Br2N2O6. The molecule has 0 aliphatic carbocycles. The number of ether oxygens (including phenoxy) is 4. The van der Waals surface area contributed by atoms with E-state index in [1.54, 1.807) is 0 Å². The van der Waals surface area contributed by atoms with Crippen LogP contribution in [0.25, 0.3) is 0 Å². The number of aliphatic hydroxyl groups is 1. The van der Waals surface area contributed by atoms with Gasteiger partial charge in [-0.15, -0.1) is 0 Å². The van der Waals surface area contributed by atoms with E-state index in [1.807, 2.05) is 91.0 Å². The van der Waals surface area contributed by atoms with Crippen molar-refractivity contribution in [2.45, 2.75) is 31.0 Å². The van der Waals surface area contributed by atoms with Gasteiger partial charge in [-0.3, -0.25) is 4.79 Å². The van der Waals surface area contributed by atoms with Gasteiger partial charge in [-0.25, -0.2) is 4.99 Å². The Hall–Kier alpha value is -3.86. The number of hydrogen-bond acceptors (Lipinski definition) is 7. The first kappa shape index (κ1) is 30.2. The molecule has 0 bridgehead atoms. The molecule has 2 aliphatic heterocycles. The van der Waals surface area contributed by atoms with Gasteiger partial charge in [0.25, 0.3) is 5.91 Å². The number of aliphatic hydroxyl groups excluding tert-OH is 1. The van der Waals surface area contributed by atoms with Crippen molar-refractivity contribution in [3.63, 3.8) is 0 Å². The van der Waals surface area contributed by atoms with Crippen LogP contribution >= 0.6 is 31.9 Å². The van der Waals surface area contributed by atoms with E-state index in [2.05, 4.69) is 37.2 Å². The maximum Gasteiger partial charge on any atom is 0.252 e. The lowest BCUT2D eigenvalue weighted by Gasteiger charge is -2.31. The molecule has 0 saturated heterocycles. The highest BCUT2D eigenvalue weighted by Gasteiger charge is 2.53. The van der Waals surface area contributed by atoms with Gasteiger partial charge >= 0.3 is 0 Å². The van der Waals surface area contributed by atoms with Crippen LogP contribution in [0.2, 0.25) is 0 Å². The summed E-state index contributed by atoms with van der Waals surface area (Å²) < 4.78 is 25.1. The SMILES string of the molecule is O=C(NCc1ccc2c(c1)OCO2)[C@]1(Cc2ccccc2Br)N=C(c2ccc(OCCCO)cc2)O[C@@H]1c1ccc(Br)cc1. The number of carbonyl (C=O) groups is 1. The summed E-state index contributed by atoms with van der Waals surface area (Å²) in [7, 11) is 0. The second kappa shape index (κ2) is 13.4. The molecule has 0 spiro atoms. The van der Waals surface area contributed by atoms with Gasteiger partial charge in [0.2, 0.25) is 12.7 Å². The van der Waals surface area contributed by atoms with Crippen molar-refractivity contribution < 1.29 is 28.8 Å². The average Bonchev–Trinajstić information content (AvgIpc) is 3.67. The second-order valence-corrected chi connectivity index (χ2v) is 12.2. The fourth-order valence-electron chi connectivity index (χ4n) is 5.24. The van der Waals surface area contributed by atoms with Crippen molar-refractivity contribution >= 4 is 43.7 Å². The summed E-state index contributed by atoms with van der Waals surface area (Å²) in [5, 5.41) is 12.2. The van der Waals surface area contributed by atoms with E-state index < -0.39 is 11.6 Å². The molecular weight excluding hydrogens is 692 g/mol. The summed E-state index contributed by atoms with van der Waals surface area (Å²) in [4.78, 5) is 19.6. The summed E-state index contributed by atoms with van der Waals surface area (Å²) in [5.41, 5.74) is 2.01. The number of fused-ring (bicyclic) bond motifs is 1. The molecule has 0 radical (unpaired) electrons. The second-order valence-electron chi connectivity index (χ2n) is 10.5. The summed E-state index contributed by atoms with van der Waals surface area (Å²) in [6, 6.07) is 28.6. The zero-order valence-electron chi connectivity index (χ0n) is 23.7. The van der Waals surface area contributed by atoms with Gasteiger partial charge in [-0.05, 0) is 71.3 Å². The van der Waals surface area contributed by atoms with Crippen molar-refractivity contribution in [2.24, 2.45) is 4.99 Å². The molecule has 44 heavy (non-hydrogen) atoms. The van der Waals surface area contributed by atoms with Gasteiger partial charge in [-0.2, -0.15) is 0 Å². The molecule has 4 aromatic rings. The number of benzene rings is 4. The molecule has 6 rings (SSSR count). The van der Waals surface area contributed by atoms with Crippen molar-refractivity contribution in [2.75, 3.05) is 20.0 Å². The van der Waals surface area contributed by atoms with E-state index in [1.165, 1.54) is 0 Å². The Labute approximate surface area is 272 Å². The van der Waals surface area contributed by atoms with Crippen molar-refractivity contribution in [3.8, 4) is 17.2 Å². The van der Waals surface area contributed by atoms with Crippen LogP contribution in [-0.2, 0) is 22.5 Å². The van der Waals surface area contributed by atoms with Crippen molar-refractivity contribution in [1.29, 1.82) is 0 Å². The van der Waals surface area contributed by atoms with E-state index in [4.69, 9.17) is 29.0 Å². The van der Waals surface area contributed by atoms with E-state index >= 15 is 0 Å². The number of nitrogens with zero attached hydrogens (tertiary/aromatic N) is 1. The molecule has 2 atom stereocenters. The van der Waals surface area contributed by atoms with Gasteiger partial charge < -0.3 is 29.4 Å². The fourth-order valence-corrected chi connectivity index (χ4v) is 5.93.